The van der Waals surface area contributed by atoms with Crippen LogP contribution in [0, 0.1) is 0 Å². The van der Waals surface area contributed by atoms with Gasteiger partial charge in [0.2, 0.25) is 0 Å². The Bertz CT molecular complexity index is 501. The molecule has 0 spiro atoms. The first-order valence-corrected chi connectivity index (χ1v) is 6.19. The summed E-state index contributed by atoms with van der Waals surface area (Å²) in [5.41, 5.74) is 0.354. The molecule has 7 nitrogen and oxygen atoms in total. The lowest BCUT2D eigenvalue weighted by atomic mass is 10.0. The summed E-state index contributed by atoms with van der Waals surface area (Å²) in [6.07, 6.45) is 0.0674. The van der Waals surface area contributed by atoms with Crippen LogP contribution in [0.15, 0.2) is 36.9 Å². The largest absolute Gasteiger partial charge is 0.497 e. The fourth-order valence-electron chi connectivity index (χ4n) is 1.63. The van der Waals surface area contributed by atoms with E-state index >= 15 is 0 Å². The summed E-state index contributed by atoms with van der Waals surface area (Å²) in [7, 11) is 1.50. The van der Waals surface area contributed by atoms with E-state index in [4.69, 9.17) is 9.84 Å². The number of carboxylic acid groups (broad SMARTS) is 1. The highest BCUT2D eigenvalue weighted by Gasteiger charge is 2.29. The molecule has 0 radical (unpaired) electrons. The van der Waals surface area contributed by atoms with Gasteiger partial charge >= 0.3 is 12.0 Å². The smallest absolute Gasteiger partial charge is 0.329 e. The molecule has 0 heterocycles. The van der Waals surface area contributed by atoms with E-state index in [1.165, 1.54) is 25.3 Å². The quantitative estimate of drug-likeness (QED) is 0.553. The first-order valence-electron chi connectivity index (χ1n) is 6.19. The zero-order chi connectivity index (χ0) is 15.8. The third-order valence-corrected chi connectivity index (χ3v) is 2.73. The second-order valence-corrected chi connectivity index (χ2v) is 4.18. The molecule has 21 heavy (non-hydrogen) atoms. The number of hydrogen-bond donors (Lipinski definition) is 4. The Kier molecular flexibility index (Phi) is 6.22. The fraction of sp³-hybridized carbons (Fsp3) is 0.286. The van der Waals surface area contributed by atoms with Crippen LogP contribution in [0.1, 0.15) is 11.7 Å². The van der Waals surface area contributed by atoms with Crippen LogP contribution in [0.2, 0.25) is 0 Å². The average Bonchev–Trinajstić information content (AvgIpc) is 2.49. The number of urea groups is 1. The second-order valence-electron chi connectivity index (χ2n) is 4.18. The number of aliphatic hydroxyl groups excluding tert-OH is 1. The standard InChI is InChI=1S/C14H18N2O5/c1-3-8-15-14(20)16-11(13(18)19)12(17)9-4-6-10(21-2)7-5-9/h3-7,11-12,17H,1,8H2,2H3,(H,18,19)(H2,15,16,20). The topological polar surface area (TPSA) is 108 Å². The van der Waals surface area contributed by atoms with Gasteiger partial charge in [0.05, 0.1) is 7.11 Å². The highest BCUT2D eigenvalue weighted by atomic mass is 16.5. The number of ether oxygens (including phenoxy) is 1. The molecule has 1 aromatic rings. The zero-order valence-corrected chi connectivity index (χ0v) is 11.6. The van der Waals surface area contributed by atoms with Crippen molar-refractivity contribution in [3.8, 4) is 5.75 Å². The van der Waals surface area contributed by atoms with Gasteiger partial charge in [0.1, 0.15) is 11.9 Å². The number of hydrogen-bond acceptors (Lipinski definition) is 4. The summed E-state index contributed by atoms with van der Waals surface area (Å²) < 4.78 is 4.98. The molecule has 1 aromatic carbocycles. The number of carbonyl (C=O) groups is 2. The number of methoxy groups -OCH3 is 1. The Morgan fingerprint density at radius 2 is 2.00 bits per heavy atom. The van der Waals surface area contributed by atoms with Gasteiger partial charge in [0.25, 0.3) is 0 Å². The van der Waals surface area contributed by atoms with E-state index in [0.717, 1.165) is 0 Å². The molecule has 114 valence electrons. The zero-order valence-electron chi connectivity index (χ0n) is 11.6. The van der Waals surface area contributed by atoms with E-state index in [1.54, 1.807) is 12.1 Å². The predicted octanol–water partition coefficient (Wildman–Crippen LogP) is 0.667. The molecule has 2 atom stereocenters. The Balaban J connectivity index is 2.80. The molecule has 0 bridgehead atoms. The van der Waals surface area contributed by atoms with E-state index in [0.29, 0.717) is 11.3 Å². The van der Waals surface area contributed by atoms with E-state index in [1.807, 2.05) is 0 Å². The third kappa shape index (κ3) is 4.81. The van der Waals surface area contributed by atoms with Gasteiger partial charge in [0.15, 0.2) is 6.04 Å². The molecule has 0 aliphatic rings. The van der Waals surface area contributed by atoms with Gasteiger partial charge < -0.3 is 25.6 Å². The predicted molar refractivity (Wildman–Crippen MR) is 76.1 cm³/mol. The molecule has 2 amide bonds. The number of aliphatic carboxylic acids is 1. The molecular weight excluding hydrogens is 276 g/mol. The average molecular weight is 294 g/mol. The summed E-state index contributed by atoms with van der Waals surface area (Å²) in [5, 5.41) is 23.8. The number of benzene rings is 1. The molecule has 2 unspecified atom stereocenters. The van der Waals surface area contributed by atoms with Crippen molar-refractivity contribution >= 4 is 12.0 Å². The van der Waals surface area contributed by atoms with Gasteiger partial charge in [-0.25, -0.2) is 9.59 Å². The van der Waals surface area contributed by atoms with Crippen LogP contribution in [0.4, 0.5) is 4.79 Å². The highest BCUT2D eigenvalue weighted by molar-refractivity contribution is 5.83. The molecular formula is C14H18N2O5. The summed E-state index contributed by atoms with van der Waals surface area (Å²) in [4.78, 5) is 22.7. The molecule has 0 saturated carbocycles. The van der Waals surface area contributed by atoms with Crippen LogP contribution in [0.25, 0.3) is 0 Å². The minimum Gasteiger partial charge on any atom is -0.497 e. The first-order chi connectivity index (χ1) is 9.99. The van der Waals surface area contributed by atoms with E-state index in [2.05, 4.69) is 17.2 Å². The van der Waals surface area contributed by atoms with Crippen LogP contribution < -0.4 is 15.4 Å². The minimum absolute atomic E-state index is 0.191. The molecule has 0 fully saturated rings. The van der Waals surface area contributed by atoms with E-state index < -0.39 is 24.1 Å². The van der Waals surface area contributed by atoms with Gasteiger partial charge in [-0.05, 0) is 17.7 Å². The maximum atomic E-state index is 11.5. The van der Waals surface area contributed by atoms with Gasteiger partial charge in [-0.15, -0.1) is 6.58 Å². The van der Waals surface area contributed by atoms with Crippen LogP contribution >= 0.6 is 0 Å². The van der Waals surface area contributed by atoms with Crippen molar-refractivity contribution in [3.63, 3.8) is 0 Å². The van der Waals surface area contributed by atoms with Gasteiger partial charge in [-0.3, -0.25) is 0 Å². The van der Waals surface area contributed by atoms with Crippen LogP contribution in [0.5, 0.6) is 5.75 Å². The third-order valence-electron chi connectivity index (χ3n) is 2.73. The lowest BCUT2D eigenvalue weighted by molar-refractivity contribution is -0.142. The van der Waals surface area contributed by atoms with Gasteiger partial charge in [-0.2, -0.15) is 0 Å². The Labute approximate surface area is 122 Å². The maximum Gasteiger partial charge on any atom is 0.329 e. The summed E-state index contributed by atoms with van der Waals surface area (Å²) >= 11 is 0. The monoisotopic (exact) mass is 294 g/mol. The van der Waals surface area contributed by atoms with E-state index in [9.17, 15) is 14.7 Å². The lowest BCUT2D eigenvalue weighted by Gasteiger charge is -2.21. The van der Waals surface area contributed by atoms with Crippen molar-refractivity contribution in [2.24, 2.45) is 0 Å². The minimum atomic E-state index is -1.47. The molecule has 0 aliphatic heterocycles. The molecule has 0 aliphatic carbocycles. The second kappa shape index (κ2) is 7.91. The number of nitrogens with one attached hydrogen (secondary N) is 2. The normalized spacial score (nSPS) is 12.9. The Morgan fingerprint density at radius 3 is 2.48 bits per heavy atom. The number of aliphatic hydroxyl groups is 1. The van der Waals surface area contributed by atoms with Gasteiger partial charge in [0, 0.05) is 6.54 Å². The number of amides is 2. The van der Waals surface area contributed by atoms with Gasteiger partial charge in [-0.1, -0.05) is 18.2 Å². The van der Waals surface area contributed by atoms with Crippen molar-refractivity contribution in [3.05, 3.63) is 42.5 Å². The van der Waals surface area contributed by atoms with Crippen LogP contribution in [-0.2, 0) is 4.79 Å². The van der Waals surface area contributed by atoms with Crippen molar-refractivity contribution in [1.82, 2.24) is 10.6 Å². The number of carboxylic acids is 1. The molecule has 1 rings (SSSR count). The SMILES string of the molecule is C=CCNC(=O)NC(C(=O)O)C(O)c1ccc(OC)cc1. The molecule has 4 N–H and O–H groups in total. The van der Waals surface area contributed by atoms with E-state index in [-0.39, 0.29) is 6.54 Å². The summed E-state index contributed by atoms with van der Waals surface area (Å²) in [5.74, 6) is -0.762. The molecule has 0 saturated heterocycles. The van der Waals surface area contributed by atoms with Crippen molar-refractivity contribution in [1.29, 1.82) is 0 Å². The van der Waals surface area contributed by atoms with Crippen LogP contribution in [-0.4, -0.2) is 41.9 Å². The summed E-state index contributed by atoms with van der Waals surface area (Å²) in [6.45, 7) is 3.62. The first kappa shape index (κ1) is 16.5. The number of carbonyl (C=O) groups excluding carboxylic acids is 1. The highest BCUT2D eigenvalue weighted by Crippen LogP contribution is 2.20. The summed E-state index contributed by atoms with van der Waals surface area (Å²) in [6, 6.07) is 4.08. The lowest BCUT2D eigenvalue weighted by Crippen LogP contribution is -2.49. The van der Waals surface area contributed by atoms with Crippen molar-refractivity contribution in [2.75, 3.05) is 13.7 Å². The Morgan fingerprint density at radius 1 is 1.38 bits per heavy atom. The number of rotatable bonds is 7. The van der Waals surface area contributed by atoms with Crippen molar-refractivity contribution in [2.45, 2.75) is 12.1 Å². The fourth-order valence-corrected chi connectivity index (χ4v) is 1.63. The molecule has 0 aromatic heterocycles. The molecule has 7 heteroatoms. The van der Waals surface area contributed by atoms with Crippen LogP contribution in [0.3, 0.4) is 0 Å². The maximum absolute atomic E-state index is 11.5. The van der Waals surface area contributed by atoms with Crippen molar-refractivity contribution < 1.29 is 24.5 Å². The Hall–Kier alpha value is -2.54.